The Kier molecular flexibility index (Phi) is 5.92. The van der Waals surface area contributed by atoms with E-state index in [1.54, 1.807) is 36.6 Å². The fraction of sp³-hybridized carbons (Fsp3) is 0.222. The highest BCUT2D eigenvalue weighted by molar-refractivity contribution is 7.99. The molecule has 9 heteroatoms. The Morgan fingerprint density at radius 3 is 2.70 bits per heavy atom. The van der Waals surface area contributed by atoms with Crippen molar-refractivity contribution in [1.29, 1.82) is 0 Å². The molecule has 0 saturated carbocycles. The molecule has 2 aromatic carbocycles. The van der Waals surface area contributed by atoms with E-state index in [0.29, 0.717) is 22.5 Å². The lowest BCUT2D eigenvalue weighted by molar-refractivity contribution is -0.384. The Morgan fingerprint density at radius 2 is 2.04 bits per heavy atom. The zero-order valence-corrected chi connectivity index (χ0v) is 16.4. The first-order valence-electron chi connectivity index (χ1n) is 8.06. The molecular formula is C18H17N3O4S2. The summed E-state index contributed by atoms with van der Waals surface area (Å²) in [7, 11) is 3.37. The summed E-state index contributed by atoms with van der Waals surface area (Å²) in [6.45, 7) is 0. The van der Waals surface area contributed by atoms with Crippen LogP contribution in [0.15, 0.2) is 52.4 Å². The van der Waals surface area contributed by atoms with Gasteiger partial charge >= 0.3 is 0 Å². The molecule has 0 N–H and O–H groups in total. The van der Waals surface area contributed by atoms with Crippen molar-refractivity contribution in [3.63, 3.8) is 0 Å². The van der Waals surface area contributed by atoms with Crippen LogP contribution in [0, 0.1) is 10.1 Å². The average molecular weight is 403 g/mol. The fourth-order valence-corrected chi connectivity index (χ4v) is 4.28. The molecular weight excluding hydrogens is 386 g/mol. The zero-order chi connectivity index (χ0) is 19.4. The zero-order valence-electron chi connectivity index (χ0n) is 14.7. The van der Waals surface area contributed by atoms with Gasteiger partial charge in [0.1, 0.15) is 5.75 Å². The number of nitro benzene ring substituents is 1. The first kappa shape index (κ1) is 19.1. The summed E-state index contributed by atoms with van der Waals surface area (Å²) in [5.41, 5.74) is 0.707. The second kappa shape index (κ2) is 8.36. The maximum atomic E-state index is 12.2. The molecule has 27 heavy (non-hydrogen) atoms. The SMILES string of the molecule is COc1ccc(SCCC(=O)N=c2sc3ccc([N+](=O)[O-])cc3n2C)cc1. The largest absolute Gasteiger partial charge is 0.497 e. The monoisotopic (exact) mass is 403 g/mol. The van der Waals surface area contributed by atoms with Crippen LogP contribution in [0.4, 0.5) is 5.69 Å². The number of ether oxygens (including phenoxy) is 1. The third-order valence-electron chi connectivity index (χ3n) is 3.87. The summed E-state index contributed by atoms with van der Waals surface area (Å²) in [5.74, 6) is 1.20. The molecule has 3 rings (SSSR count). The second-order valence-electron chi connectivity index (χ2n) is 5.63. The topological polar surface area (TPSA) is 86.7 Å². The standard InChI is InChI=1S/C18H17N3O4S2/c1-20-15-11-12(21(23)24)3-8-16(15)27-18(20)19-17(22)9-10-26-14-6-4-13(25-2)5-7-14/h3-8,11H,9-10H2,1-2H3. The van der Waals surface area contributed by atoms with E-state index in [9.17, 15) is 14.9 Å². The fourth-order valence-electron chi connectivity index (χ4n) is 2.43. The van der Waals surface area contributed by atoms with Crippen LogP contribution >= 0.6 is 23.1 Å². The number of aryl methyl sites for hydroxylation is 1. The Labute approximate surface area is 163 Å². The van der Waals surface area contributed by atoms with E-state index in [1.807, 2.05) is 24.3 Å². The predicted molar refractivity (Wildman–Crippen MR) is 106 cm³/mol. The van der Waals surface area contributed by atoms with Gasteiger partial charge in [0.2, 0.25) is 5.91 Å². The third-order valence-corrected chi connectivity index (χ3v) is 5.99. The molecule has 0 aliphatic rings. The van der Waals surface area contributed by atoms with Crippen LogP contribution in [0.5, 0.6) is 5.75 Å². The number of carbonyl (C=O) groups excluding carboxylic acids is 1. The number of methoxy groups -OCH3 is 1. The van der Waals surface area contributed by atoms with Crippen LogP contribution in [0.1, 0.15) is 6.42 Å². The average Bonchev–Trinajstić information content (AvgIpc) is 2.97. The smallest absolute Gasteiger partial charge is 0.271 e. The lowest BCUT2D eigenvalue weighted by atomic mass is 10.3. The number of aromatic nitrogens is 1. The van der Waals surface area contributed by atoms with Gasteiger partial charge in [-0.2, -0.15) is 4.99 Å². The maximum absolute atomic E-state index is 12.2. The first-order chi connectivity index (χ1) is 13.0. The first-order valence-corrected chi connectivity index (χ1v) is 9.86. The number of amides is 1. The molecule has 1 heterocycles. The highest BCUT2D eigenvalue weighted by atomic mass is 32.2. The van der Waals surface area contributed by atoms with Crippen LogP contribution in [0.3, 0.4) is 0 Å². The van der Waals surface area contributed by atoms with E-state index in [1.165, 1.54) is 23.5 Å². The lowest BCUT2D eigenvalue weighted by Gasteiger charge is -2.02. The molecule has 3 aromatic rings. The third kappa shape index (κ3) is 4.55. The van der Waals surface area contributed by atoms with Crippen LogP contribution in [-0.2, 0) is 11.8 Å². The molecule has 0 spiro atoms. The molecule has 7 nitrogen and oxygen atoms in total. The molecule has 0 radical (unpaired) electrons. The second-order valence-corrected chi connectivity index (χ2v) is 7.81. The van der Waals surface area contributed by atoms with E-state index in [-0.39, 0.29) is 11.6 Å². The van der Waals surface area contributed by atoms with Crippen molar-refractivity contribution in [2.75, 3.05) is 12.9 Å². The van der Waals surface area contributed by atoms with Gasteiger partial charge in [0.15, 0.2) is 4.80 Å². The molecule has 1 aromatic heterocycles. The number of thioether (sulfide) groups is 1. The van der Waals surface area contributed by atoms with Crippen molar-refractivity contribution in [2.24, 2.45) is 12.0 Å². The number of non-ortho nitro benzene ring substituents is 1. The molecule has 140 valence electrons. The summed E-state index contributed by atoms with van der Waals surface area (Å²) in [6.07, 6.45) is 0.311. The normalized spacial score (nSPS) is 11.7. The number of hydrogen-bond donors (Lipinski definition) is 0. The van der Waals surface area contributed by atoms with E-state index in [4.69, 9.17) is 4.74 Å². The Morgan fingerprint density at radius 1 is 1.30 bits per heavy atom. The van der Waals surface area contributed by atoms with Crippen molar-refractivity contribution < 1.29 is 14.5 Å². The van der Waals surface area contributed by atoms with Crippen molar-refractivity contribution in [3.8, 4) is 5.75 Å². The molecule has 0 aliphatic heterocycles. The number of fused-ring (bicyclic) bond motifs is 1. The Balaban J connectivity index is 1.69. The highest BCUT2D eigenvalue weighted by Gasteiger charge is 2.11. The van der Waals surface area contributed by atoms with Crippen molar-refractivity contribution in [3.05, 3.63) is 57.4 Å². The van der Waals surface area contributed by atoms with Gasteiger partial charge in [0.05, 0.1) is 22.2 Å². The summed E-state index contributed by atoms with van der Waals surface area (Å²) in [6, 6.07) is 12.3. The summed E-state index contributed by atoms with van der Waals surface area (Å²) in [5, 5.41) is 10.9. The quantitative estimate of drug-likeness (QED) is 0.355. The van der Waals surface area contributed by atoms with Crippen LogP contribution < -0.4 is 9.54 Å². The Hall–Kier alpha value is -2.65. The molecule has 0 bridgehead atoms. The minimum absolute atomic E-state index is 0.0182. The van der Waals surface area contributed by atoms with Gasteiger partial charge in [0.25, 0.3) is 5.69 Å². The molecule has 0 unspecified atom stereocenters. The lowest BCUT2D eigenvalue weighted by Crippen LogP contribution is -2.13. The highest BCUT2D eigenvalue weighted by Crippen LogP contribution is 2.23. The molecule has 0 saturated heterocycles. The molecule has 0 fully saturated rings. The summed E-state index contributed by atoms with van der Waals surface area (Å²) < 4.78 is 7.68. The van der Waals surface area contributed by atoms with Crippen molar-refractivity contribution in [1.82, 2.24) is 4.57 Å². The van der Waals surface area contributed by atoms with Gasteiger partial charge in [-0.25, -0.2) is 0 Å². The minimum Gasteiger partial charge on any atom is -0.497 e. The van der Waals surface area contributed by atoms with Crippen LogP contribution in [0.25, 0.3) is 10.2 Å². The number of thiazole rings is 1. The van der Waals surface area contributed by atoms with E-state index < -0.39 is 4.92 Å². The number of carbonyl (C=O) groups is 1. The molecule has 1 amide bonds. The van der Waals surface area contributed by atoms with Gasteiger partial charge in [-0.15, -0.1) is 11.8 Å². The van der Waals surface area contributed by atoms with Crippen molar-refractivity contribution in [2.45, 2.75) is 11.3 Å². The van der Waals surface area contributed by atoms with Crippen LogP contribution in [0.2, 0.25) is 0 Å². The predicted octanol–water partition coefficient (Wildman–Crippen LogP) is 3.77. The van der Waals surface area contributed by atoms with Gasteiger partial charge in [0, 0.05) is 36.2 Å². The molecule has 0 aliphatic carbocycles. The maximum Gasteiger partial charge on any atom is 0.271 e. The van der Waals surface area contributed by atoms with E-state index in [2.05, 4.69) is 4.99 Å². The van der Waals surface area contributed by atoms with E-state index in [0.717, 1.165) is 15.3 Å². The summed E-state index contributed by atoms with van der Waals surface area (Å²) >= 11 is 2.92. The number of nitrogens with zero attached hydrogens (tertiary/aromatic N) is 3. The Bertz CT molecular complexity index is 1050. The van der Waals surface area contributed by atoms with Gasteiger partial charge < -0.3 is 9.30 Å². The van der Waals surface area contributed by atoms with Crippen LogP contribution in [-0.4, -0.2) is 28.3 Å². The van der Waals surface area contributed by atoms with Gasteiger partial charge in [-0.1, -0.05) is 11.3 Å². The van der Waals surface area contributed by atoms with Gasteiger partial charge in [-0.05, 0) is 30.3 Å². The molecule has 0 atom stereocenters. The number of nitro groups is 1. The minimum atomic E-state index is -0.435. The number of rotatable bonds is 6. The number of benzene rings is 2. The van der Waals surface area contributed by atoms with Gasteiger partial charge in [-0.3, -0.25) is 14.9 Å². The number of hydrogen-bond acceptors (Lipinski definition) is 6. The van der Waals surface area contributed by atoms with E-state index >= 15 is 0 Å². The van der Waals surface area contributed by atoms with Crippen molar-refractivity contribution >= 4 is 44.9 Å². The summed E-state index contributed by atoms with van der Waals surface area (Å²) in [4.78, 5) is 28.4.